The Hall–Kier alpha value is -1.36. The molecule has 0 radical (unpaired) electrons. The zero-order chi connectivity index (χ0) is 8.55. The molecule has 0 aliphatic heterocycles. The van der Waals surface area contributed by atoms with Crippen LogP contribution in [0.2, 0.25) is 5.35 Å². The number of halogens is 1. The van der Waals surface area contributed by atoms with Gasteiger partial charge in [0.05, 0.1) is 11.8 Å². The molecule has 0 aliphatic carbocycles. The van der Waals surface area contributed by atoms with Crippen molar-refractivity contribution < 1.29 is 4.42 Å². The molecular weight excluding hydrogens is 180 g/mol. The van der Waals surface area contributed by atoms with E-state index in [-0.39, 0.29) is 5.35 Å². The number of hydrogen-bond donors (Lipinski definition) is 1. The summed E-state index contributed by atoms with van der Waals surface area (Å²) in [5.74, 6) is 0.381. The van der Waals surface area contributed by atoms with Gasteiger partial charge in [0.1, 0.15) is 0 Å². The van der Waals surface area contributed by atoms with E-state index >= 15 is 0 Å². The van der Waals surface area contributed by atoms with E-state index in [1.807, 2.05) is 6.92 Å². The highest BCUT2D eigenvalue weighted by atomic mass is 35.5. The maximum atomic E-state index is 5.46. The molecule has 5 nitrogen and oxygen atoms in total. The van der Waals surface area contributed by atoms with Gasteiger partial charge in [-0.1, -0.05) is 5.10 Å². The largest absolute Gasteiger partial charge is 0.407 e. The summed E-state index contributed by atoms with van der Waals surface area (Å²) in [6.07, 6.45) is 1.61. The number of H-pyrrole nitrogens is 1. The van der Waals surface area contributed by atoms with Crippen LogP contribution in [0.3, 0.4) is 0 Å². The van der Waals surface area contributed by atoms with Crippen molar-refractivity contribution in [2.24, 2.45) is 0 Å². The van der Waals surface area contributed by atoms with Crippen molar-refractivity contribution in [1.29, 1.82) is 0 Å². The highest BCUT2D eigenvalue weighted by Crippen LogP contribution is 2.20. The molecule has 2 aromatic heterocycles. The maximum Gasteiger partial charge on any atom is 0.313 e. The van der Waals surface area contributed by atoms with E-state index in [9.17, 15) is 0 Å². The van der Waals surface area contributed by atoms with Crippen molar-refractivity contribution in [2.45, 2.75) is 6.92 Å². The van der Waals surface area contributed by atoms with Gasteiger partial charge in [0.15, 0.2) is 0 Å². The van der Waals surface area contributed by atoms with Crippen LogP contribution >= 0.6 is 11.6 Å². The fourth-order valence-electron chi connectivity index (χ4n) is 0.880. The van der Waals surface area contributed by atoms with Crippen LogP contribution in [0.4, 0.5) is 0 Å². The van der Waals surface area contributed by atoms with Gasteiger partial charge >= 0.3 is 5.35 Å². The van der Waals surface area contributed by atoms with Gasteiger partial charge in [0.25, 0.3) is 5.89 Å². The minimum absolute atomic E-state index is 0.0330. The summed E-state index contributed by atoms with van der Waals surface area (Å²) in [4.78, 5) is 0. The number of aromatic nitrogens is 4. The number of nitrogens with zero attached hydrogens (tertiary/aromatic N) is 3. The second kappa shape index (κ2) is 2.60. The minimum atomic E-state index is 0.0330. The summed E-state index contributed by atoms with van der Waals surface area (Å²) >= 11 is 5.46. The molecule has 2 rings (SSSR count). The monoisotopic (exact) mass is 184 g/mol. The van der Waals surface area contributed by atoms with Crippen LogP contribution in [0.25, 0.3) is 11.5 Å². The van der Waals surface area contributed by atoms with Crippen LogP contribution in [0.5, 0.6) is 0 Å². The van der Waals surface area contributed by atoms with E-state index in [1.54, 1.807) is 6.20 Å². The van der Waals surface area contributed by atoms with Crippen molar-refractivity contribution in [2.75, 3.05) is 0 Å². The Balaban J connectivity index is 2.50. The molecule has 0 aliphatic rings. The van der Waals surface area contributed by atoms with Crippen molar-refractivity contribution in [3.05, 3.63) is 17.2 Å². The van der Waals surface area contributed by atoms with Crippen LogP contribution in [-0.2, 0) is 0 Å². The molecule has 0 unspecified atom stereocenters. The van der Waals surface area contributed by atoms with Crippen LogP contribution in [0, 0.1) is 6.92 Å². The predicted octanol–water partition coefficient (Wildman–Crippen LogP) is 1.42. The summed E-state index contributed by atoms with van der Waals surface area (Å²) in [5.41, 5.74) is 1.64. The molecule has 62 valence electrons. The summed E-state index contributed by atoms with van der Waals surface area (Å²) in [5, 5.41) is 13.8. The number of hydrogen-bond acceptors (Lipinski definition) is 4. The van der Waals surface area contributed by atoms with Crippen LogP contribution in [0.1, 0.15) is 5.69 Å². The topological polar surface area (TPSA) is 67.6 Å². The van der Waals surface area contributed by atoms with Crippen LogP contribution in [0.15, 0.2) is 10.6 Å². The summed E-state index contributed by atoms with van der Waals surface area (Å²) in [6, 6.07) is 0. The second-order valence-electron chi connectivity index (χ2n) is 2.27. The number of rotatable bonds is 1. The molecular formula is C6H5ClN4O. The van der Waals surface area contributed by atoms with E-state index < -0.39 is 0 Å². The Labute approximate surface area is 72.8 Å². The van der Waals surface area contributed by atoms with Crippen molar-refractivity contribution in [3.63, 3.8) is 0 Å². The SMILES string of the molecule is Cc1[nH]ncc1-c1nnc(Cl)o1. The number of nitrogens with one attached hydrogen (secondary N) is 1. The first-order valence-electron chi connectivity index (χ1n) is 3.26. The lowest BCUT2D eigenvalue weighted by molar-refractivity contribution is 0.570. The first kappa shape index (κ1) is 7.30. The van der Waals surface area contributed by atoms with Gasteiger partial charge in [0, 0.05) is 5.69 Å². The standard InChI is InChI=1S/C6H5ClN4O/c1-3-4(2-8-9-3)5-10-11-6(7)12-5/h2H,1H3,(H,8,9). The van der Waals surface area contributed by atoms with Crippen molar-refractivity contribution in [3.8, 4) is 11.5 Å². The fraction of sp³-hybridized carbons (Fsp3) is 0.167. The average Bonchev–Trinajstić information content (AvgIpc) is 2.58. The average molecular weight is 185 g/mol. The number of aryl methyl sites for hydroxylation is 1. The lowest BCUT2D eigenvalue weighted by Gasteiger charge is -1.87. The van der Waals surface area contributed by atoms with E-state index in [2.05, 4.69) is 20.4 Å². The molecule has 0 spiro atoms. The third kappa shape index (κ3) is 1.08. The Morgan fingerprint density at radius 3 is 2.83 bits per heavy atom. The van der Waals surface area contributed by atoms with Gasteiger partial charge in [-0.25, -0.2) is 0 Å². The fourth-order valence-corrected chi connectivity index (χ4v) is 0.991. The Morgan fingerprint density at radius 1 is 1.50 bits per heavy atom. The van der Waals surface area contributed by atoms with Crippen molar-refractivity contribution in [1.82, 2.24) is 20.4 Å². The van der Waals surface area contributed by atoms with Gasteiger partial charge in [0.2, 0.25) is 0 Å². The van der Waals surface area contributed by atoms with E-state index in [0.29, 0.717) is 5.89 Å². The van der Waals surface area contributed by atoms with Crippen LogP contribution in [-0.4, -0.2) is 20.4 Å². The third-order valence-electron chi connectivity index (χ3n) is 1.46. The smallest absolute Gasteiger partial charge is 0.313 e. The summed E-state index contributed by atoms with van der Waals surface area (Å²) in [7, 11) is 0. The Morgan fingerprint density at radius 2 is 2.33 bits per heavy atom. The predicted molar refractivity (Wildman–Crippen MR) is 41.6 cm³/mol. The quantitative estimate of drug-likeness (QED) is 0.728. The van der Waals surface area contributed by atoms with Gasteiger partial charge < -0.3 is 4.42 Å². The lowest BCUT2D eigenvalue weighted by atomic mass is 10.3. The molecule has 1 N–H and O–H groups in total. The summed E-state index contributed by atoms with van der Waals surface area (Å²) in [6.45, 7) is 1.86. The maximum absolute atomic E-state index is 5.46. The molecule has 2 heterocycles. The van der Waals surface area contributed by atoms with Gasteiger partial charge in [-0.3, -0.25) is 5.10 Å². The third-order valence-corrected chi connectivity index (χ3v) is 1.61. The molecule has 0 fully saturated rings. The Bertz CT molecular complexity index is 394. The van der Waals surface area contributed by atoms with Gasteiger partial charge in [-0.15, -0.1) is 5.10 Å². The highest BCUT2D eigenvalue weighted by molar-refractivity contribution is 6.27. The normalized spacial score (nSPS) is 10.5. The number of aromatic amines is 1. The van der Waals surface area contributed by atoms with Crippen molar-refractivity contribution >= 4 is 11.6 Å². The molecule has 0 aromatic carbocycles. The second-order valence-corrected chi connectivity index (χ2v) is 2.59. The lowest BCUT2D eigenvalue weighted by Crippen LogP contribution is -1.78. The van der Waals surface area contributed by atoms with E-state index in [4.69, 9.17) is 16.0 Å². The van der Waals surface area contributed by atoms with Crippen LogP contribution < -0.4 is 0 Å². The molecule has 0 saturated carbocycles. The molecule has 2 aromatic rings. The molecule has 12 heavy (non-hydrogen) atoms. The highest BCUT2D eigenvalue weighted by Gasteiger charge is 2.10. The first-order valence-corrected chi connectivity index (χ1v) is 3.64. The zero-order valence-corrected chi connectivity index (χ0v) is 6.96. The van der Waals surface area contributed by atoms with Gasteiger partial charge in [-0.05, 0) is 18.5 Å². The first-order chi connectivity index (χ1) is 5.77. The minimum Gasteiger partial charge on any atom is -0.407 e. The van der Waals surface area contributed by atoms with E-state index in [1.165, 1.54) is 0 Å². The molecule has 0 bridgehead atoms. The summed E-state index contributed by atoms with van der Waals surface area (Å²) < 4.78 is 4.99. The molecule has 0 saturated heterocycles. The molecule has 0 amide bonds. The Kier molecular flexibility index (Phi) is 1.58. The van der Waals surface area contributed by atoms with Gasteiger partial charge in [-0.2, -0.15) is 5.10 Å². The molecule has 0 atom stereocenters. The zero-order valence-electron chi connectivity index (χ0n) is 6.21. The van der Waals surface area contributed by atoms with E-state index in [0.717, 1.165) is 11.3 Å². The molecule has 6 heteroatoms.